The summed E-state index contributed by atoms with van der Waals surface area (Å²) >= 11 is 0. The maximum Gasteiger partial charge on any atom is 0.306 e. The highest BCUT2D eigenvalue weighted by molar-refractivity contribution is 5.69. The van der Waals surface area contributed by atoms with Crippen molar-refractivity contribution < 1.29 is 9.90 Å². The van der Waals surface area contributed by atoms with Crippen molar-refractivity contribution in [3.05, 3.63) is 12.2 Å². The molecule has 2 nitrogen and oxygen atoms in total. The lowest BCUT2D eigenvalue weighted by molar-refractivity contribution is -0.142. The first-order chi connectivity index (χ1) is 19.7. The predicted octanol–water partition coefficient (Wildman–Crippen LogP) is 13.8. The van der Waals surface area contributed by atoms with Crippen LogP contribution in [-0.4, -0.2) is 11.1 Å². The van der Waals surface area contributed by atoms with Crippen molar-refractivity contribution in [3.8, 4) is 0 Å². The van der Waals surface area contributed by atoms with Gasteiger partial charge in [0.2, 0.25) is 0 Å². The number of rotatable bonds is 34. The highest BCUT2D eigenvalue weighted by atomic mass is 16.4. The van der Waals surface area contributed by atoms with Crippen LogP contribution in [0, 0.1) is 5.92 Å². The SMILES string of the molecule is CCCCCC/C=C\CCCCCCC(CCCCCCCCCCCCCCCCCCCCCC)C(=O)O. The molecular weight excluding hydrogens is 488 g/mol. The predicted molar refractivity (Wildman–Crippen MR) is 179 cm³/mol. The second kappa shape index (κ2) is 34.4. The maximum absolute atomic E-state index is 11.7. The standard InChI is InChI=1S/C38H74O2/c1-3-5-7-9-11-13-15-17-18-19-20-21-22-23-24-26-28-30-32-34-36-37(38(39)40)35-33-31-29-27-25-16-14-12-10-8-6-4-2/h14,16,37H,3-13,15,17-36H2,1-2H3,(H,39,40)/b16-14-. The van der Waals surface area contributed by atoms with Gasteiger partial charge in [0.1, 0.15) is 0 Å². The number of allylic oxidation sites excluding steroid dienone is 2. The molecule has 2 heteroatoms. The minimum atomic E-state index is -0.566. The average molecular weight is 563 g/mol. The van der Waals surface area contributed by atoms with Crippen molar-refractivity contribution in [3.63, 3.8) is 0 Å². The van der Waals surface area contributed by atoms with E-state index in [2.05, 4.69) is 26.0 Å². The molecule has 0 aliphatic heterocycles. The smallest absolute Gasteiger partial charge is 0.306 e. The Balaban J connectivity index is 3.38. The molecule has 0 radical (unpaired) electrons. The van der Waals surface area contributed by atoms with Gasteiger partial charge in [-0.25, -0.2) is 0 Å². The fraction of sp³-hybridized carbons (Fsp3) is 0.921. The Morgan fingerprint density at radius 2 is 0.675 bits per heavy atom. The Hall–Kier alpha value is -0.790. The van der Waals surface area contributed by atoms with Gasteiger partial charge in [0, 0.05) is 0 Å². The van der Waals surface area contributed by atoms with Crippen LogP contribution < -0.4 is 0 Å². The van der Waals surface area contributed by atoms with E-state index in [0.717, 1.165) is 25.7 Å². The summed E-state index contributed by atoms with van der Waals surface area (Å²) < 4.78 is 0. The molecule has 0 spiro atoms. The van der Waals surface area contributed by atoms with E-state index in [0.29, 0.717) is 0 Å². The minimum absolute atomic E-state index is 0.112. The van der Waals surface area contributed by atoms with E-state index in [9.17, 15) is 9.90 Å². The summed E-state index contributed by atoms with van der Waals surface area (Å²) in [6, 6.07) is 0. The van der Waals surface area contributed by atoms with Crippen LogP contribution in [0.3, 0.4) is 0 Å². The quantitative estimate of drug-likeness (QED) is 0.0625. The zero-order valence-corrected chi connectivity index (χ0v) is 27.7. The maximum atomic E-state index is 11.7. The van der Waals surface area contributed by atoms with E-state index in [1.807, 2.05) is 0 Å². The molecule has 1 atom stereocenters. The first kappa shape index (κ1) is 39.2. The third-order valence-corrected chi connectivity index (χ3v) is 8.82. The average Bonchev–Trinajstić information content (AvgIpc) is 2.95. The fourth-order valence-corrected chi connectivity index (χ4v) is 5.97. The summed E-state index contributed by atoms with van der Waals surface area (Å²) in [6.45, 7) is 4.56. The third kappa shape index (κ3) is 31.7. The molecule has 0 aromatic carbocycles. The number of carboxylic acids is 1. The molecule has 0 aliphatic carbocycles. The largest absolute Gasteiger partial charge is 0.481 e. The van der Waals surface area contributed by atoms with Crippen LogP contribution in [0.1, 0.15) is 219 Å². The van der Waals surface area contributed by atoms with E-state index in [1.165, 1.54) is 180 Å². The Kier molecular flexibility index (Phi) is 33.7. The Labute approximate surface area is 253 Å². The lowest BCUT2D eigenvalue weighted by Gasteiger charge is -2.12. The van der Waals surface area contributed by atoms with E-state index < -0.39 is 5.97 Å². The molecule has 1 N–H and O–H groups in total. The molecule has 0 rings (SSSR count). The lowest BCUT2D eigenvalue weighted by atomic mass is 9.94. The highest BCUT2D eigenvalue weighted by Crippen LogP contribution is 2.20. The van der Waals surface area contributed by atoms with Crippen molar-refractivity contribution in [2.24, 2.45) is 5.92 Å². The van der Waals surface area contributed by atoms with E-state index in [4.69, 9.17) is 0 Å². The van der Waals surface area contributed by atoms with E-state index in [-0.39, 0.29) is 5.92 Å². The first-order valence-corrected chi connectivity index (χ1v) is 18.6. The van der Waals surface area contributed by atoms with Gasteiger partial charge in [-0.3, -0.25) is 4.79 Å². The Bertz CT molecular complexity index is 512. The van der Waals surface area contributed by atoms with E-state index in [1.54, 1.807) is 0 Å². The minimum Gasteiger partial charge on any atom is -0.481 e. The van der Waals surface area contributed by atoms with Crippen molar-refractivity contribution in [2.75, 3.05) is 0 Å². The Morgan fingerprint density at radius 1 is 0.425 bits per heavy atom. The lowest BCUT2D eigenvalue weighted by Crippen LogP contribution is -2.13. The van der Waals surface area contributed by atoms with Crippen LogP contribution in [0.15, 0.2) is 12.2 Å². The molecule has 238 valence electrons. The molecule has 0 heterocycles. The highest BCUT2D eigenvalue weighted by Gasteiger charge is 2.16. The number of unbranched alkanes of at least 4 members (excludes halogenated alkanes) is 27. The van der Waals surface area contributed by atoms with Gasteiger partial charge in [-0.2, -0.15) is 0 Å². The second-order valence-electron chi connectivity index (χ2n) is 12.9. The van der Waals surface area contributed by atoms with Gasteiger partial charge < -0.3 is 5.11 Å². The van der Waals surface area contributed by atoms with Crippen molar-refractivity contribution in [2.45, 2.75) is 219 Å². The molecule has 0 saturated carbocycles. The summed E-state index contributed by atoms with van der Waals surface area (Å²) in [5, 5.41) is 9.60. The van der Waals surface area contributed by atoms with Crippen molar-refractivity contribution in [1.82, 2.24) is 0 Å². The summed E-state index contributed by atoms with van der Waals surface area (Å²) in [5.74, 6) is -0.678. The molecule has 0 bridgehead atoms. The zero-order chi connectivity index (χ0) is 29.2. The molecule has 1 unspecified atom stereocenters. The number of carbonyl (C=O) groups is 1. The molecule has 0 aromatic rings. The molecule has 0 aromatic heterocycles. The van der Waals surface area contributed by atoms with Crippen LogP contribution in [0.4, 0.5) is 0 Å². The number of hydrogen-bond donors (Lipinski definition) is 1. The van der Waals surface area contributed by atoms with Gasteiger partial charge >= 0.3 is 5.97 Å². The fourth-order valence-electron chi connectivity index (χ4n) is 5.97. The molecule has 0 amide bonds. The topological polar surface area (TPSA) is 37.3 Å². The van der Waals surface area contributed by atoms with Gasteiger partial charge in [0.15, 0.2) is 0 Å². The van der Waals surface area contributed by atoms with E-state index >= 15 is 0 Å². The summed E-state index contributed by atoms with van der Waals surface area (Å²) in [4.78, 5) is 11.7. The number of carboxylic acid groups (broad SMARTS) is 1. The summed E-state index contributed by atoms with van der Waals surface area (Å²) in [5.41, 5.74) is 0. The van der Waals surface area contributed by atoms with Gasteiger partial charge in [-0.15, -0.1) is 0 Å². The van der Waals surface area contributed by atoms with Gasteiger partial charge in [0.25, 0.3) is 0 Å². The van der Waals surface area contributed by atoms with Crippen molar-refractivity contribution in [1.29, 1.82) is 0 Å². The Morgan fingerprint density at radius 3 is 0.975 bits per heavy atom. The first-order valence-electron chi connectivity index (χ1n) is 18.6. The molecular formula is C38H74O2. The van der Waals surface area contributed by atoms with Gasteiger partial charge in [-0.05, 0) is 38.5 Å². The molecule has 0 fully saturated rings. The van der Waals surface area contributed by atoms with Crippen LogP contribution in [0.5, 0.6) is 0 Å². The van der Waals surface area contributed by atoms with Crippen LogP contribution in [0.25, 0.3) is 0 Å². The summed E-state index contributed by atoms with van der Waals surface area (Å²) in [7, 11) is 0. The van der Waals surface area contributed by atoms with Crippen LogP contribution in [-0.2, 0) is 4.79 Å². The third-order valence-electron chi connectivity index (χ3n) is 8.82. The van der Waals surface area contributed by atoms with Gasteiger partial charge in [-0.1, -0.05) is 193 Å². The number of hydrogen-bond acceptors (Lipinski definition) is 1. The van der Waals surface area contributed by atoms with Gasteiger partial charge in [0.05, 0.1) is 5.92 Å². The molecule has 40 heavy (non-hydrogen) atoms. The van der Waals surface area contributed by atoms with Crippen LogP contribution >= 0.6 is 0 Å². The normalized spacial score (nSPS) is 12.4. The number of aliphatic carboxylic acids is 1. The second-order valence-corrected chi connectivity index (χ2v) is 12.9. The summed E-state index contributed by atoms with van der Waals surface area (Å²) in [6.07, 6.45) is 46.9. The van der Waals surface area contributed by atoms with Crippen molar-refractivity contribution >= 4 is 5.97 Å². The molecule has 0 saturated heterocycles. The zero-order valence-electron chi connectivity index (χ0n) is 27.7. The monoisotopic (exact) mass is 563 g/mol. The molecule has 0 aliphatic rings. The van der Waals surface area contributed by atoms with Crippen LogP contribution in [0.2, 0.25) is 0 Å².